The Morgan fingerprint density at radius 1 is 1.73 bits per heavy atom. The summed E-state index contributed by atoms with van der Waals surface area (Å²) in [4.78, 5) is 13.7. The molecule has 0 aromatic carbocycles. The quantitative estimate of drug-likeness (QED) is 0.758. The van der Waals surface area contributed by atoms with Gasteiger partial charge in [-0.15, -0.1) is 0 Å². The number of carbonyl (C=O) groups is 1. The molecule has 15 heavy (non-hydrogen) atoms. The summed E-state index contributed by atoms with van der Waals surface area (Å²) in [6, 6.07) is -0.345. The number of morpholine rings is 1. The fourth-order valence-electron chi connectivity index (χ4n) is 1.62. The molecule has 0 aromatic rings. The number of amides is 1. The zero-order valence-electron chi connectivity index (χ0n) is 9.44. The van der Waals surface area contributed by atoms with E-state index >= 15 is 0 Å². The predicted molar refractivity (Wildman–Crippen MR) is 63.0 cm³/mol. The molecule has 1 heterocycles. The standard InChI is InChI=1S/C10H20N2O2S/c1-8-7-12(4-5-14-8)10(13)9(11)3-6-15-2/h8-9H,3-7,11H2,1-2H3/t8?,9-/m1/s1. The van der Waals surface area contributed by atoms with Gasteiger partial charge in [-0.3, -0.25) is 4.79 Å². The van der Waals surface area contributed by atoms with Gasteiger partial charge in [0.15, 0.2) is 0 Å². The van der Waals surface area contributed by atoms with Gasteiger partial charge in [-0.25, -0.2) is 0 Å². The van der Waals surface area contributed by atoms with Crippen molar-refractivity contribution in [3.63, 3.8) is 0 Å². The minimum Gasteiger partial charge on any atom is -0.375 e. The second-order valence-electron chi connectivity index (χ2n) is 3.85. The van der Waals surface area contributed by atoms with E-state index in [1.54, 1.807) is 11.8 Å². The van der Waals surface area contributed by atoms with E-state index < -0.39 is 0 Å². The highest BCUT2D eigenvalue weighted by Crippen LogP contribution is 2.08. The average Bonchev–Trinajstić information content (AvgIpc) is 2.24. The lowest BCUT2D eigenvalue weighted by atomic mass is 10.2. The van der Waals surface area contributed by atoms with E-state index in [4.69, 9.17) is 10.5 Å². The van der Waals surface area contributed by atoms with E-state index in [0.717, 1.165) is 12.2 Å². The Bertz CT molecular complexity index is 214. The molecule has 0 spiro atoms. The molecule has 88 valence electrons. The molecule has 2 N–H and O–H groups in total. The monoisotopic (exact) mass is 232 g/mol. The molecule has 1 rings (SSSR count). The lowest BCUT2D eigenvalue weighted by Crippen LogP contribution is -2.50. The van der Waals surface area contributed by atoms with Gasteiger partial charge in [-0.1, -0.05) is 0 Å². The fraction of sp³-hybridized carbons (Fsp3) is 0.900. The number of thioether (sulfide) groups is 1. The largest absolute Gasteiger partial charge is 0.375 e. The number of hydrogen-bond donors (Lipinski definition) is 1. The van der Waals surface area contributed by atoms with Crippen LogP contribution in [0.15, 0.2) is 0 Å². The molecule has 1 aliphatic rings. The van der Waals surface area contributed by atoms with Crippen molar-refractivity contribution in [1.82, 2.24) is 4.90 Å². The Balaban J connectivity index is 2.37. The number of rotatable bonds is 4. The van der Waals surface area contributed by atoms with Crippen LogP contribution in [-0.4, -0.2) is 54.7 Å². The zero-order chi connectivity index (χ0) is 11.3. The maximum Gasteiger partial charge on any atom is 0.239 e. The minimum absolute atomic E-state index is 0.0687. The van der Waals surface area contributed by atoms with Gasteiger partial charge in [-0.05, 0) is 25.4 Å². The maximum atomic E-state index is 11.9. The van der Waals surface area contributed by atoms with Crippen LogP contribution >= 0.6 is 11.8 Å². The first-order valence-electron chi connectivity index (χ1n) is 5.30. The van der Waals surface area contributed by atoms with Crippen molar-refractivity contribution in [3.05, 3.63) is 0 Å². The number of carbonyl (C=O) groups excluding carboxylic acids is 1. The van der Waals surface area contributed by atoms with Crippen LogP contribution in [0.5, 0.6) is 0 Å². The van der Waals surface area contributed by atoms with Crippen LogP contribution in [0.1, 0.15) is 13.3 Å². The molecule has 0 aromatic heterocycles. The van der Waals surface area contributed by atoms with Crippen LogP contribution in [0.25, 0.3) is 0 Å². The molecule has 2 atom stereocenters. The van der Waals surface area contributed by atoms with E-state index in [1.165, 1.54) is 0 Å². The van der Waals surface area contributed by atoms with Crippen molar-refractivity contribution in [2.24, 2.45) is 5.73 Å². The molecule has 5 heteroatoms. The highest BCUT2D eigenvalue weighted by molar-refractivity contribution is 7.98. The van der Waals surface area contributed by atoms with Crippen LogP contribution in [0.3, 0.4) is 0 Å². The number of nitrogens with two attached hydrogens (primary N) is 1. The molecule has 1 unspecified atom stereocenters. The summed E-state index contributed by atoms with van der Waals surface area (Å²) in [5.41, 5.74) is 5.83. The third kappa shape index (κ3) is 4.01. The van der Waals surface area contributed by atoms with Gasteiger partial charge >= 0.3 is 0 Å². The van der Waals surface area contributed by atoms with Crippen LogP contribution in [0.4, 0.5) is 0 Å². The molecular formula is C10H20N2O2S. The van der Waals surface area contributed by atoms with Gasteiger partial charge in [0.1, 0.15) is 0 Å². The minimum atomic E-state index is -0.345. The van der Waals surface area contributed by atoms with Crippen molar-refractivity contribution >= 4 is 17.7 Å². The van der Waals surface area contributed by atoms with Crippen molar-refractivity contribution in [1.29, 1.82) is 0 Å². The van der Waals surface area contributed by atoms with Gasteiger partial charge in [0.05, 0.1) is 18.8 Å². The van der Waals surface area contributed by atoms with Crippen LogP contribution in [-0.2, 0) is 9.53 Å². The maximum absolute atomic E-state index is 11.9. The van der Waals surface area contributed by atoms with E-state index in [9.17, 15) is 4.79 Å². The molecule has 0 aliphatic carbocycles. The van der Waals surface area contributed by atoms with E-state index in [2.05, 4.69) is 0 Å². The zero-order valence-corrected chi connectivity index (χ0v) is 10.3. The number of nitrogens with zero attached hydrogens (tertiary/aromatic N) is 1. The topological polar surface area (TPSA) is 55.6 Å². The van der Waals surface area contributed by atoms with Crippen molar-refractivity contribution in [2.45, 2.75) is 25.5 Å². The first-order chi connectivity index (χ1) is 7.15. The first-order valence-corrected chi connectivity index (χ1v) is 6.69. The summed E-state index contributed by atoms with van der Waals surface area (Å²) in [6.45, 7) is 3.96. The Hall–Kier alpha value is -0.260. The predicted octanol–water partition coefficient (Wildman–Crippen LogP) is 0.314. The van der Waals surface area contributed by atoms with Gasteiger partial charge in [0.25, 0.3) is 0 Å². The fourth-order valence-corrected chi connectivity index (χ4v) is 2.11. The van der Waals surface area contributed by atoms with Crippen LogP contribution in [0, 0.1) is 0 Å². The smallest absolute Gasteiger partial charge is 0.239 e. The Labute approximate surface area is 95.5 Å². The normalized spacial score (nSPS) is 23.9. The van der Waals surface area contributed by atoms with Gasteiger partial charge < -0.3 is 15.4 Å². The second-order valence-corrected chi connectivity index (χ2v) is 4.84. The molecule has 1 amide bonds. The van der Waals surface area contributed by atoms with Gasteiger partial charge in [0.2, 0.25) is 5.91 Å². The average molecular weight is 232 g/mol. The molecule has 0 saturated carbocycles. The summed E-state index contributed by atoms with van der Waals surface area (Å²) >= 11 is 1.72. The summed E-state index contributed by atoms with van der Waals surface area (Å²) in [5, 5.41) is 0. The molecule has 1 fully saturated rings. The van der Waals surface area contributed by atoms with E-state index in [0.29, 0.717) is 19.7 Å². The number of ether oxygens (including phenoxy) is 1. The van der Waals surface area contributed by atoms with E-state index in [-0.39, 0.29) is 18.1 Å². The highest BCUT2D eigenvalue weighted by Gasteiger charge is 2.25. The lowest BCUT2D eigenvalue weighted by Gasteiger charge is -2.32. The summed E-state index contributed by atoms with van der Waals surface area (Å²) < 4.78 is 5.38. The number of hydrogen-bond acceptors (Lipinski definition) is 4. The molecule has 0 radical (unpaired) electrons. The molecule has 1 aliphatic heterocycles. The summed E-state index contributed by atoms with van der Waals surface area (Å²) in [5.74, 6) is 1.01. The third-order valence-electron chi connectivity index (χ3n) is 2.50. The SMILES string of the molecule is CSCC[C@@H](N)C(=O)N1CCOC(C)C1. The van der Waals surface area contributed by atoms with Crippen molar-refractivity contribution in [3.8, 4) is 0 Å². The highest BCUT2D eigenvalue weighted by atomic mass is 32.2. The summed E-state index contributed by atoms with van der Waals surface area (Å²) in [6.07, 6.45) is 2.91. The van der Waals surface area contributed by atoms with Crippen LogP contribution < -0.4 is 5.73 Å². The molecular weight excluding hydrogens is 212 g/mol. The Morgan fingerprint density at radius 3 is 3.07 bits per heavy atom. The Kier molecular flexibility index (Phi) is 5.42. The second kappa shape index (κ2) is 6.35. The Morgan fingerprint density at radius 2 is 2.47 bits per heavy atom. The van der Waals surface area contributed by atoms with Crippen molar-refractivity contribution < 1.29 is 9.53 Å². The van der Waals surface area contributed by atoms with E-state index in [1.807, 2.05) is 18.1 Å². The van der Waals surface area contributed by atoms with Crippen LogP contribution in [0.2, 0.25) is 0 Å². The van der Waals surface area contributed by atoms with Gasteiger partial charge in [0, 0.05) is 13.1 Å². The lowest BCUT2D eigenvalue weighted by molar-refractivity contribution is -0.139. The molecule has 4 nitrogen and oxygen atoms in total. The molecule has 1 saturated heterocycles. The summed E-state index contributed by atoms with van der Waals surface area (Å²) in [7, 11) is 0. The third-order valence-corrected chi connectivity index (χ3v) is 3.15. The molecule has 0 bridgehead atoms. The van der Waals surface area contributed by atoms with Crippen molar-refractivity contribution in [2.75, 3.05) is 31.7 Å². The van der Waals surface area contributed by atoms with Gasteiger partial charge in [-0.2, -0.15) is 11.8 Å². The first kappa shape index (κ1) is 12.8.